The highest BCUT2D eigenvalue weighted by Gasteiger charge is 2.33. The fourth-order valence-electron chi connectivity index (χ4n) is 3.28. The number of carbonyl (C=O) groups excluding carboxylic acids is 1. The summed E-state index contributed by atoms with van der Waals surface area (Å²) in [6.45, 7) is 3.29. The Morgan fingerprint density at radius 3 is 2.59 bits per heavy atom. The van der Waals surface area contributed by atoms with E-state index in [4.69, 9.17) is 4.74 Å². The number of hydrogen-bond acceptors (Lipinski definition) is 3. The van der Waals surface area contributed by atoms with Gasteiger partial charge in [-0.05, 0) is 42.8 Å². The zero-order chi connectivity index (χ0) is 18.6. The topological polar surface area (TPSA) is 34.5 Å². The number of ether oxygens (including phenoxy) is 1. The number of hydrogen-bond donors (Lipinski definition) is 0. The summed E-state index contributed by atoms with van der Waals surface area (Å²) in [5.74, 6) is 1.61. The van der Waals surface area contributed by atoms with Gasteiger partial charge in [-0.3, -0.25) is 4.79 Å². The van der Waals surface area contributed by atoms with E-state index in [1.54, 1.807) is 11.8 Å². The molecule has 2 heterocycles. The van der Waals surface area contributed by atoms with Gasteiger partial charge in [0.2, 0.25) is 5.91 Å². The zero-order valence-electron chi connectivity index (χ0n) is 15.2. The summed E-state index contributed by atoms with van der Waals surface area (Å²) in [6.07, 6.45) is 4.17. The predicted octanol–water partition coefficient (Wildman–Crippen LogP) is 4.65. The monoisotopic (exact) mass is 378 g/mol. The van der Waals surface area contributed by atoms with E-state index in [-0.39, 0.29) is 11.3 Å². The number of benzene rings is 2. The molecular weight excluding hydrogens is 356 g/mol. The predicted molar refractivity (Wildman–Crippen MR) is 109 cm³/mol. The van der Waals surface area contributed by atoms with E-state index in [2.05, 4.69) is 35.2 Å². The number of thioether (sulfide) groups is 1. The average Bonchev–Trinajstić information content (AvgIpc) is 3.31. The summed E-state index contributed by atoms with van der Waals surface area (Å²) in [6, 6.07) is 20.3. The normalized spacial score (nSPS) is 16.7. The third kappa shape index (κ3) is 3.88. The van der Waals surface area contributed by atoms with Gasteiger partial charge in [-0.15, -0.1) is 11.8 Å². The minimum atomic E-state index is 0.0571. The molecule has 1 aliphatic heterocycles. The summed E-state index contributed by atoms with van der Waals surface area (Å²) in [5.41, 5.74) is 3.38. The molecule has 4 rings (SSSR count). The lowest BCUT2D eigenvalue weighted by atomic mass is 10.2. The van der Waals surface area contributed by atoms with Crippen LogP contribution in [-0.4, -0.2) is 27.7 Å². The molecule has 1 aliphatic rings. The van der Waals surface area contributed by atoms with Crippen molar-refractivity contribution in [2.24, 2.45) is 0 Å². The van der Waals surface area contributed by atoms with Crippen molar-refractivity contribution in [2.45, 2.75) is 18.8 Å². The van der Waals surface area contributed by atoms with Crippen molar-refractivity contribution in [3.8, 4) is 11.4 Å². The molecule has 1 atom stereocenters. The van der Waals surface area contributed by atoms with Crippen molar-refractivity contribution in [3.05, 3.63) is 84.2 Å². The van der Waals surface area contributed by atoms with E-state index < -0.39 is 0 Å². The zero-order valence-corrected chi connectivity index (χ0v) is 16.1. The van der Waals surface area contributed by atoms with E-state index in [9.17, 15) is 4.79 Å². The second kappa shape index (κ2) is 7.92. The molecule has 0 bridgehead atoms. The largest absolute Gasteiger partial charge is 0.494 e. The van der Waals surface area contributed by atoms with Gasteiger partial charge < -0.3 is 14.2 Å². The highest BCUT2D eigenvalue weighted by atomic mass is 32.2. The van der Waals surface area contributed by atoms with Crippen molar-refractivity contribution in [1.82, 2.24) is 9.47 Å². The first-order chi connectivity index (χ1) is 13.2. The molecule has 0 radical (unpaired) electrons. The van der Waals surface area contributed by atoms with Crippen LogP contribution in [0.4, 0.5) is 0 Å². The van der Waals surface area contributed by atoms with E-state index in [0.717, 1.165) is 22.6 Å². The number of aromatic nitrogens is 1. The molecule has 1 saturated heterocycles. The van der Waals surface area contributed by atoms with Crippen LogP contribution in [0, 0.1) is 0 Å². The van der Waals surface area contributed by atoms with Crippen LogP contribution in [0.2, 0.25) is 0 Å². The molecule has 4 nitrogen and oxygen atoms in total. The highest BCUT2D eigenvalue weighted by molar-refractivity contribution is 8.00. The average molecular weight is 378 g/mol. The van der Waals surface area contributed by atoms with E-state index in [1.165, 1.54) is 0 Å². The molecular formula is C22H22N2O2S. The molecule has 0 spiro atoms. The minimum Gasteiger partial charge on any atom is -0.494 e. The van der Waals surface area contributed by atoms with Gasteiger partial charge in [-0.1, -0.05) is 30.3 Å². The van der Waals surface area contributed by atoms with Crippen LogP contribution in [0.25, 0.3) is 5.69 Å². The maximum atomic E-state index is 12.4. The SMILES string of the molecule is CCOc1ccc(-n2ccc(C3SCC(=O)N3Cc3ccccc3)c2)cc1. The van der Waals surface area contributed by atoms with Gasteiger partial charge in [0.15, 0.2) is 0 Å². The number of rotatable bonds is 6. The smallest absolute Gasteiger partial charge is 0.234 e. The second-order valence-corrected chi connectivity index (χ2v) is 7.52. The molecule has 1 amide bonds. The fraction of sp³-hybridized carbons (Fsp3) is 0.227. The standard InChI is InChI=1S/C22H22N2O2S/c1-2-26-20-10-8-19(9-11-20)23-13-12-18(15-23)22-24(21(25)16-27-22)14-17-6-4-3-5-7-17/h3-13,15,22H,2,14,16H2,1H3. The Kier molecular flexibility index (Phi) is 5.21. The van der Waals surface area contributed by atoms with Crippen molar-refractivity contribution in [3.63, 3.8) is 0 Å². The van der Waals surface area contributed by atoms with Gasteiger partial charge in [-0.2, -0.15) is 0 Å². The molecule has 0 saturated carbocycles. The van der Waals surface area contributed by atoms with Crippen LogP contribution < -0.4 is 4.74 Å². The Balaban J connectivity index is 1.53. The Labute approximate surface area is 163 Å². The highest BCUT2D eigenvalue weighted by Crippen LogP contribution is 2.40. The molecule has 1 fully saturated rings. The molecule has 0 aliphatic carbocycles. The summed E-state index contributed by atoms with van der Waals surface area (Å²) in [4.78, 5) is 14.4. The number of nitrogens with zero attached hydrogens (tertiary/aromatic N) is 2. The Morgan fingerprint density at radius 2 is 1.85 bits per heavy atom. The lowest BCUT2D eigenvalue weighted by Gasteiger charge is -2.23. The maximum Gasteiger partial charge on any atom is 0.234 e. The lowest BCUT2D eigenvalue weighted by molar-refractivity contribution is -0.128. The van der Waals surface area contributed by atoms with Crippen molar-refractivity contribution in [2.75, 3.05) is 12.4 Å². The van der Waals surface area contributed by atoms with Crippen LogP contribution in [0.5, 0.6) is 5.75 Å². The first-order valence-electron chi connectivity index (χ1n) is 9.10. The fourth-order valence-corrected chi connectivity index (χ4v) is 4.45. The third-order valence-electron chi connectivity index (χ3n) is 4.61. The van der Waals surface area contributed by atoms with Gasteiger partial charge in [0.1, 0.15) is 11.1 Å². The van der Waals surface area contributed by atoms with Gasteiger partial charge in [0, 0.05) is 30.2 Å². The van der Waals surface area contributed by atoms with E-state index >= 15 is 0 Å². The summed E-state index contributed by atoms with van der Waals surface area (Å²) >= 11 is 1.69. The van der Waals surface area contributed by atoms with Crippen LogP contribution in [0.15, 0.2) is 73.1 Å². The molecule has 1 unspecified atom stereocenters. The molecule has 3 aromatic rings. The molecule has 138 valence electrons. The van der Waals surface area contributed by atoms with Crippen molar-refractivity contribution < 1.29 is 9.53 Å². The Bertz CT molecular complexity index is 906. The molecule has 5 heteroatoms. The van der Waals surface area contributed by atoms with Crippen LogP contribution in [0.1, 0.15) is 23.4 Å². The Hall–Kier alpha value is -2.66. The van der Waals surface area contributed by atoms with Crippen LogP contribution in [-0.2, 0) is 11.3 Å². The number of carbonyl (C=O) groups is 1. The summed E-state index contributed by atoms with van der Waals surface area (Å²) < 4.78 is 7.60. The van der Waals surface area contributed by atoms with E-state index in [1.807, 2.05) is 54.3 Å². The maximum absolute atomic E-state index is 12.4. The van der Waals surface area contributed by atoms with Crippen LogP contribution in [0.3, 0.4) is 0 Å². The second-order valence-electron chi connectivity index (χ2n) is 6.45. The number of amides is 1. The third-order valence-corrected chi connectivity index (χ3v) is 5.87. The molecule has 27 heavy (non-hydrogen) atoms. The molecule has 0 N–H and O–H groups in total. The van der Waals surface area contributed by atoms with Gasteiger partial charge in [-0.25, -0.2) is 0 Å². The Morgan fingerprint density at radius 1 is 1.07 bits per heavy atom. The van der Waals surface area contributed by atoms with E-state index in [0.29, 0.717) is 18.9 Å². The van der Waals surface area contributed by atoms with Gasteiger partial charge in [0.05, 0.1) is 12.4 Å². The first kappa shape index (κ1) is 17.7. The minimum absolute atomic E-state index is 0.0571. The van der Waals surface area contributed by atoms with Gasteiger partial charge >= 0.3 is 0 Å². The van der Waals surface area contributed by atoms with Gasteiger partial charge in [0.25, 0.3) is 0 Å². The van der Waals surface area contributed by atoms with Crippen molar-refractivity contribution >= 4 is 17.7 Å². The molecule has 1 aromatic heterocycles. The molecule has 2 aromatic carbocycles. The van der Waals surface area contributed by atoms with Crippen molar-refractivity contribution in [1.29, 1.82) is 0 Å². The summed E-state index contributed by atoms with van der Waals surface area (Å²) in [5, 5.41) is 0.0571. The lowest BCUT2D eigenvalue weighted by Crippen LogP contribution is -2.27. The quantitative estimate of drug-likeness (QED) is 0.626. The first-order valence-corrected chi connectivity index (χ1v) is 10.2. The summed E-state index contributed by atoms with van der Waals surface area (Å²) in [7, 11) is 0. The van der Waals surface area contributed by atoms with Crippen LogP contribution >= 0.6 is 11.8 Å².